The number of phosphoric acid groups is 1. The van der Waals surface area contributed by atoms with Gasteiger partial charge < -0.3 is 20.1 Å². The van der Waals surface area contributed by atoms with Gasteiger partial charge in [0, 0.05) is 19.4 Å². The highest BCUT2D eigenvalue weighted by Crippen LogP contribution is 2.43. The Kier molecular flexibility index (Phi) is 72.5. The molecule has 3 N–H and O–H groups in total. The summed E-state index contributed by atoms with van der Waals surface area (Å²) >= 11 is 0. The summed E-state index contributed by atoms with van der Waals surface area (Å²) in [7, 11) is -4.40. The van der Waals surface area contributed by atoms with Crippen molar-refractivity contribution >= 4 is 19.8 Å². The number of unbranched alkanes of at least 4 members (excludes halogenated alkanes) is 38. The predicted octanol–water partition coefficient (Wildman–Crippen LogP) is 25.4. The number of carbonyl (C=O) groups is 2. The zero-order valence-corrected chi connectivity index (χ0v) is 59.9. The van der Waals surface area contributed by atoms with Crippen molar-refractivity contribution < 1.29 is 37.6 Å². The number of hydrogen-bond acceptors (Lipinski definition) is 8. The average Bonchev–Trinajstić information content (AvgIpc) is 3.74. The van der Waals surface area contributed by atoms with Gasteiger partial charge in [-0.15, -0.1) is 0 Å². The molecule has 0 aliphatic rings. The van der Waals surface area contributed by atoms with E-state index in [-0.39, 0.29) is 38.6 Å². The topological polar surface area (TPSA) is 134 Å². The highest BCUT2D eigenvalue weighted by Gasteiger charge is 2.26. The maximum Gasteiger partial charge on any atom is 0.472 e. The van der Waals surface area contributed by atoms with Crippen LogP contribution in [0.4, 0.5) is 0 Å². The van der Waals surface area contributed by atoms with Gasteiger partial charge in [-0.2, -0.15) is 0 Å². The van der Waals surface area contributed by atoms with Crippen LogP contribution in [0.25, 0.3) is 0 Å². The van der Waals surface area contributed by atoms with Crippen molar-refractivity contribution in [3.05, 3.63) is 122 Å². The van der Waals surface area contributed by atoms with Gasteiger partial charge in [-0.1, -0.05) is 347 Å². The van der Waals surface area contributed by atoms with E-state index < -0.39 is 26.5 Å². The summed E-state index contributed by atoms with van der Waals surface area (Å²) in [5.41, 5.74) is 5.41. The normalized spacial score (nSPS) is 13.6. The van der Waals surface area contributed by atoms with Gasteiger partial charge >= 0.3 is 19.8 Å². The maximum atomic E-state index is 12.8. The minimum atomic E-state index is -4.40. The van der Waals surface area contributed by atoms with Gasteiger partial charge in [-0.25, -0.2) is 4.57 Å². The fraction of sp³-hybridized carbons (Fsp3) is 0.728. The first-order chi connectivity index (χ1) is 44.8. The van der Waals surface area contributed by atoms with Crippen molar-refractivity contribution in [2.45, 2.75) is 354 Å². The van der Waals surface area contributed by atoms with E-state index in [0.29, 0.717) is 6.42 Å². The van der Waals surface area contributed by atoms with Gasteiger partial charge in [0.15, 0.2) is 6.10 Å². The monoisotopic (exact) mass is 1290 g/mol. The number of carbonyl (C=O) groups excluding carboxylic acids is 2. The Morgan fingerprint density at radius 3 is 0.912 bits per heavy atom. The molecule has 0 fully saturated rings. The molecule has 0 aromatic rings. The molecule has 524 valence electrons. The van der Waals surface area contributed by atoms with Gasteiger partial charge in [0.2, 0.25) is 0 Å². The van der Waals surface area contributed by atoms with Crippen molar-refractivity contribution in [3.8, 4) is 0 Å². The minimum Gasteiger partial charge on any atom is -0.462 e. The van der Waals surface area contributed by atoms with Crippen LogP contribution in [0.5, 0.6) is 0 Å². The quantitative estimate of drug-likeness (QED) is 0.0264. The fourth-order valence-electron chi connectivity index (χ4n) is 10.7. The molecule has 0 rings (SSSR count). The lowest BCUT2D eigenvalue weighted by Gasteiger charge is -2.19. The van der Waals surface area contributed by atoms with Crippen LogP contribution in [0, 0.1) is 0 Å². The third kappa shape index (κ3) is 75.3. The average molecular weight is 1290 g/mol. The molecule has 0 bridgehead atoms. The van der Waals surface area contributed by atoms with E-state index >= 15 is 0 Å². The number of rotatable bonds is 71. The lowest BCUT2D eigenvalue weighted by Crippen LogP contribution is -2.29. The second kappa shape index (κ2) is 75.4. The molecule has 0 amide bonds. The van der Waals surface area contributed by atoms with Crippen LogP contribution < -0.4 is 5.73 Å². The number of ether oxygens (including phenoxy) is 2. The molecule has 0 aliphatic carbocycles. The van der Waals surface area contributed by atoms with Crippen molar-refractivity contribution in [1.29, 1.82) is 0 Å². The summed E-state index contributed by atoms with van der Waals surface area (Å²) in [4.78, 5) is 35.4. The molecule has 2 unspecified atom stereocenters. The van der Waals surface area contributed by atoms with Crippen molar-refractivity contribution in [3.63, 3.8) is 0 Å². The predicted molar refractivity (Wildman–Crippen MR) is 394 cm³/mol. The van der Waals surface area contributed by atoms with Crippen LogP contribution in [0.15, 0.2) is 122 Å². The smallest absolute Gasteiger partial charge is 0.462 e. The zero-order valence-electron chi connectivity index (χ0n) is 59.1. The van der Waals surface area contributed by atoms with Gasteiger partial charge in [0.05, 0.1) is 13.2 Å². The lowest BCUT2D eigenvalue weighted by molar-refractivity contribution is -0.161. The first-order valence-corrected chi connectivity index (χ1v) is 39.5. The minimum absolute atomic E-state index is 0.0486. The molecule has 10 heteroatoms. The zero-order chi connectivity index (χ0) is 65.8. The molecule has 0 aliphatic heterocycles. The molecule has 0 spiro atoms. The number of nitrogens with two attached hydrogens (primary N) is 1. The van der Waals surface area contributed by atoms with Crippen LogP contribution in [-0.4, -0.2) is 49.3 Å². The third-order valence-electron chi connectivity index (χ3n) is 16.3. The molecule has 0 saturated heterocycles. The molecule has 0 saturated carbocycles. The molecular weight excluding hydrogens is 1150 g/mol. The van der Waals surface area contributed by atoms with E-state index in [0.717, 1.165) is 103 Å². The van der Waals surface area contributed by atoms with Gasteiger partial charge in [0.25, 0.3) is 0 Å². The summed E-state index contributed by atoms with van der Waals surface area (Å²) in [5.74, 6) is -0.827. The van der Waals surface area contributed by atoms with Crippen LogP contribution in [0.3, 0.4) is 0 Å². The van der Waals surface area contributed by atoms with Gasteiger partial charge in [-0.05, 0) is 109 Å². The second-order valence-corrected chi connectivity index (χ2v) is 26.6. The Balaban J connectivity index is 3.89. The molecule has 0 aromatic heterocycles. The van der Waals surface area contributed by atoms with Gasteiger partial charge in [0.1, 0.15) is 6.61 Å². The summed E-state index contributed by atoms with van der Waals surface area (Å²) in [6.45, 7) is 3.66. The van der Waals surface area contributed by atoms with E-state index in [1.54, 1.807) is 0 Å². The number of phosphoric ester groups is 1. The maximum absolute atomic E-state index is 12.8. The molecular formula is C81H142NO8P. The molecule has 0 aromatic carbocycles. The Morgan fingerprint density at radius 1 is 0.341 bits per heavy atom. The number of esters is 2. The summed E-state index contributed by atoms with van der Waals surface area (Å²) < 4.78 is 33.2. The van der Waals surface area contributed by atoms with Crippen LogP contribution in [0.2, 0.25) is 0 Å². The lowest BCUT2D eigenvalue weighted by atomic mass is 10.0. The first-order valence-electron chi connectivity index (χ1n) is 38.0. The van der Waals surface area contributed by atoms with E-state index in [9.17, 15) is 19.0 Å². The van der Waals surface area contributed by atoms with Crippen molar-refractivity contribution in [2.24, 2.45) is 5.73 Å². The Hall–Kier alpha value is -3.59. The van der Waals surface area contributed by atoms with E-state index in [2.05, 4.69) is 135 Å². The molecule has 0 radical (unpaired) electrons. The van der Waals surface area contributed by atoms with Crippen LogP contribution in [-0.2, 0) is 32.7 Å². The van der Waals surface area contributed by atoms with Crippen LogP contribution in [0.1, 0.15) is 348 Å². The highest BCUT2D eigenvalue weighted by molar-refractivity contribution is 7.47. The summed E-state index contributed by atoms with van der Waals surface area (Å²) in [6.07, 6.45) is 106. The standard InChI is InChI=1S/C81H142NO8P/c1-3-5-7-9-11-13-15-17-19-21-23-25-27-29-31-33-35-37-38-39-40-42-44-46-48-50-52-54-56-58-60-62-64-66-68-70-72-74-81(84)90-79(78-89-91(85,86)88-76-75-82)77-87-80(83)73-71-69-67-65-63-61-59-57-55-53-51-49-47-45-43-41-36-34-32-30-28-26-24-22-20-18-16-14-12-10-8-6-4-2/h5,7,11,13,17,19,22-25,29,31,35,37,39-40,44,46,50,52,79H,3-4,6,8-10,12,14-16,18,20-21,26-28,30,32-34,36,38,41-43,45,47-49,51,53-78,82H2,1-2H3,(H,85,86)/b7-5-,13-11-,19-17-,24-22-,25-23-,31-29-,37-35-,40-39-,46-44-,52-50-. The Labute approximate surface area is 561 Å². The highest BCUT2D eigenvalue weighted by atomic mass is 31.2. The second-order valence-electron chi connectivity index (χ2n) is 25.1. The largest absolute Gasteiger partial charge is 0.472 e. The molecule has 2 atom stereocenters. The SMILES string of the molecule is CC/C=C\C/C=C\C/C=C\C/C=C\C/C=C\C/C=C\C/C=C\C/C=C\C/C=C\CCCCCCCCCCCC(=O)OC(COC(=O)CCCCCCCCCCCCCCCCCCCCCCC/C=C\CCCCCCCCCC)COP(=O)(O)OCCN. The summed E-state index contributed by atoms with van der Waals surface area (Å²) in [5, 5.41) is 0. The Morgan fingerprint density at radius 2 is 0.604 bits per heavy atom. The molecule has 91 heavy (non-hydrogen) atoms. The van der Waals surface area contributed by atoms with Crippen molar-refractivity contribution in [2.75, 3.05) is 26.4 Å². The fourth-order valence-corrected chi connectivity index (χ4v) is 11.5. The molecule has 9 nitrogen and oxygen atoms in total. The number of allylic oxidation sites excluding steroid dienone is 20. The summed E-state index contributed by atoms with van der Waals surface area (Å²) in [6, 6.07) is 0. The number of hydrogen-bond donors (Lipinski definition) is 2. The van der Waals surface area contributed by atoms with E-state index in [1.807, 2.05) is 0 Å². The van der Waals surface area contributed by atoms with E-state index in [4.69, 9.17) is 24.3 Å². The van der Waals surface area contributed by atoms with Gasteiger partial charge in [-0.3, -0.25) is 18.6 Å². The van der Waals surface area contributed by atoms with Crippen LogP contribution >= 0.6 is 7.82 Å². The Bertz CT molecular complexity index is 1910. The van der Waals surface area contributed by atoms with Crippen molar-refractivity contribution in [1.82, 2.24) is 0 Å². The molecule has 0 heterocycles. The third-order valence-corrected chi connectivity index (χ3v) is 17.3. The van der Waals surface area contributed by atoms with E-state index in [1.165, 1.54) is 212 Å². The first kappa shape index (κ1) is 87.4.